The van der Waals surface area contributed by atoms with E-state index >= 15 is 0 Å². The van der Waals surface area contributed by atoms with E-state index in [1.807, 2.05) is 12.4 Å². The van der Waals surface area contributed by atoms with E-state index in [0.717, 1.165) is 6.42 Å². The van der Waals surface area contributed by atoms with E-state index in [4.69, 9.17) is 0 Å². The van der Waals surface area contributed by atoms with Crippen molar-refractivity contribution >= 4 is 0 Å². The lowest BCUT2D eigenvalue weighted by Gasteiger charge is -2.14. The second kappa shape index (κ2) is 8.60. The topological polar surface area (TPSA) is 25.8 Å². The van der Waals surface area contributed by atoms with E-state index in [1.54, 1.807) is 0 Å². The van der Waals surface area contributed by atoms with Crippen LogP contribution in [0.25, 0.3) is 0 Å². The highest BCUT2D eigenvalue weighted by atomic mass is 14.7. The summed E-state index contributed by atoms with van der Waals surface area (Å²) in [5.74, 6) is 1.81. The number of aromatic nitrogens is 2. The summed E-state index contributed by atoms with van der Waals surface area (Å²) in [5, 5.41) is 0. The molecule has 0 fully saturated rings. The summed E-state index contributed by atoms with van der Waals surface area (Å²) < 4.78 is 0. The Morgan fingerprint density at radius 2 is 1.72 bits per heavy atom. The number of rotatable bonds is 3. The molecule has 0 saturated carbocycles. The summed E-state index contributed by atoms with van der Waals surface area (Å²) in [4.78, 5) is 8.87. The highest BCUT2D eigenvalue weighted by Crippen LogP contribution is 2.32. The molecule has 0 N–H and O–H groups in total. The van der Waals surface area contributed by atoms with Gasteiger partial charge in [0, 0.05) is 23.8 Å². The Hall–Kier alpha value is -1.70. The quantitative estimate of drug-likeness (QED) is 0.653. The summed E-state index contributed by atoms with van der Waals surface area (Å²) >= 11 is 0. The standard InChI is InChI=1S/C12H19N.C11H15N/c1-8(2)11-6-7-13-12(9(3)4)10(11)5;1-3-9-6-7-12-11-8(2)4-5-10(9)11/h6-9H,1-5H3;6-8H,3-5H2,1-2H3. The Balaban J connectivity index is 0.000000181. The van der Waals surface area contributed by atoms with Crippen LogP contribution in [0.4, 0.5) is 0 Å². The first-order chi connectivity index (χ1) is 11.9. The molecule has 1 aliphatic rings. The minimum atomic E-state index is 0.527. The van der Waals surface area contributed by atoms with Crippen molar-refractivity contribution in [3.63, 3.8) is 0 Å². The highest BCUT2D eigenvalue weighted by Gasteiger charge is 2.21. The Morgan fingerprint density at radius 1 is 1.04 bits per heavy atom. The van der Waals surface area contributed by atoms with Crippen molar-refractivity contribution in [2.45, 2.75) is 85.5 Å². The van der Waals surface area contributed by atoms with Crippen molar-refractivity contribution in [1.82, 2.24) is 9.97 Å². The van der Waals surface area contributed by atoms with Crippen LogP contribution < -0.4 is 0 Å². The minimum absolute atomic E-state index is 0.527. The van der Waals surface area contributed by atoms with Gasteiger partial charge in [-0.3, -0.25) is 9.97 Å². The zero-order valence-corrected chi connectivity index (χ0v) is 17.1. The van der Waals surface area contributed by atoms with Crippen molar-refractivity contribution in [2.24, 2.45) is 0 Å². The van der Waals surface area contributed by atoms with Crippen LogP contribution in [0, 0.1) is 6.92 Å². The molecule has 0 radical (unpaired) electrons. The third kappa shape index (κ3) is 4.48. The lowest BCUT2D eigenvalue weighted by atomic mass is 9.94. The van der Waals surface area contributed by atoms with Gasteiger partial charge in [-0.15, -0.1) is 0 Å². The van der Waals surface area contributed by atoms with Gasteiger partial charge in [-0.05, 0) is 78.3 Å². The van der Waals surface area contributed by atoms with Crippen molar-refractivity contribution < 1.29 is 0 Å². The van der Waals surface area contributed by atoms with Crippen LogP contribution in [-0.4, -0.2) is 9.97 Å². The van der Waals surface area contributed by atoms with E-state index in [0.29, 0.717) is 17.8 Å². The lowest BCUT2D eigenvalue weighted by molar-refractivity contribution is 0.731. The smallest absolute Gasteiger partial charge is 0.0466 e. The van der Waals surface area contributed by atoms with E-state index in [-0.39, 0.29) is 0 Å². The zero-order chi connectivity index (χ0) is 18.6. The molecular formula is C23H34N2. The molecule has 25 heavy (non-hydrogen) atoms. The number of fused-ring (bicyclic) bond motifs is 1. The second-order valence-electron chi connectivity index (χ2n) is 7.85. The summed E-state index contributed by atoms with van der Waals surface area (Å²) in [5.41, 5.74) is 8.43. The van der Waals surface area contributed by atoms with Gasteiger partial charge in [0.05, 0.1) is 0 Å². The molecular weight excluding hydrogens is 304 g/mol. The van der Waals surface area contributed by atoms with Gasteiger partial charge in [0.1, 0.15) is 0 Å². The number of pyridine rings is 2. The molecule has 0 bridgehead atoms. The van der Waals surface area contributed by atoms with Crippen molar-refractivity contribution in [1.29, 1.82) is 0 Å². The molecule has 2 heterocycles. The first kappa shape index (κ1) is 19.6. The van der Waals surface area contributed by atoms with Gasteiger partial charge in [0.25, 0.3) is 0 Å². The molecule has 0 amide bonds. The van der Waals surface area contributed by atoms with Crippen LogP contribution in [-0.2, 0) is 12.8 Å². The fourth-order valence-electron chi connectivity index (χ4n) is 3.87. The minimum Gasteiger partial charge on any atom is -0.261 e. The highest BCUT2D eigenvalue weighted by molar-refractivity contribution is 5.35. The molecule has 2 heteroatoms. The molecule has 136 valence electrons. The molecule has 2 nitrogen and oxygen atoms in total. The largest absolute Gasteiger partial charge is 0.261 e. The third-order valence-electron chi connectivity index (χ3n) is 5.32. The molecule has 2 aromatic heterocycles. The predicted molar refractivity (Wildman–Crippen MR) is 108 cm³/mol. The molecule has 2 aromatic rings. The molecule has 0 aliphatic heterocycles. The SMILES string of the molecule is CCc1ccnc2c1CCC2C.Cc1c(C(C)C)ccnc1C(C)C. The number of hydrogen-bond acceptors (Lipinski definition) is 2. The Labute approximate surface area is 154 Å². The predicted octanol–water partition coefficient (Wildman–Crippen LogP) is 6.33. The van der Waals surface area contributed by atoms with Crippen LogP contribution in [0.3, 0.4) is 0 Å². The fraction of sp³-hybridized carbons (Fsp3) is 0.565. The second-order valence-corrected chi connectivity index (χ2v) is 7.85. The van der Waals surface area contributed by atoms with Crippen LogP contribution >= 0.6 is 0 Å². The average Bonchev–Trinajstić information content (AvgIpc) is 2.96. The monoisotopic (exact) mass is 338 g/mol. The maximum atomic E-state index is 4.45. The number of aryl methyl sites for hydroxylation is 1. The van der Waals surface area contributed by atoms with Gasteiger partial charge < -0.3 is 0 Å². The van der Waals surface area contributed by atoms with Gasteiger partial charge in [0.2, 0.25) is 0 Å². The van der Waals surface area contributed by atoms with Crippen LogP contribution in [0.2, 0.25) is 0 Å². The Kier molecular flexibility index (Phi) is 6.75. The van der Waals surface area contributed by atoms with E-state index in [2.05, 4.69) is 70.6 Å². The molecule has 0 saturated heterocycles. The first-order valence-electron chi connectivity index (χ1n) is 9.78. The normalized spacial score (nSPS) is 16.0. The average molecular weight is 339 g/mol. The van der Waals surface area contributed by atoms with Crippen LogP contribution in [0.15, 0.2) is 24.5 Å². The summed E-state index contributed by atoms with van der Waals surface area (Å²) in [6, 6.07) is 4.29. The summed E-state index contributed by atoms with van der Waals surface area (Å²) in [6.45, 7) is 15.5. The zero-order valence-electron chi connectivity index (χ0n) is 17.1. The molecule has 3 rings (SSSR count). The van der Waals surface area contributed by atoms with E-state index in [9.17, 15) is 0 Å². The van der Waals surface area contributed by atoms with Gasteiger partial charge >= 0.3 is 0 Å². The maximum Gasteiger partial charge on any atom is 0.0466 e. The molecule has 1 unspecified atom stereocenters. The van der Waals surface area contributed by atoms with E-state index < -0.39 is 0 Å². The van der Waals surface area contributed by atoms with Gasteiger partial charge in [-0.2, -0.15) is 0 Å². The van der Waals surface area contributed by atoms with E-state index in [1.165, 1.54) is 46.5 Å². The molecule has 0 aromatic carbocycles. The van der Waals surface area contributed by atoms with Gasteiger partial charge in [0.15, 0.2) is 0 Å². The van der Waals surface area contributed by atoms with Crippen LogP contribution in [0.5, 0.6) is 0 Å². The van der Waals surface area contributed by atoms with Crippen molar-refractivity contribution in [2.75, 3.05) is 0 Å². The molecule has 1 aliphatic carbocycles. The fourth-order valence-corrected chi connectivity index (χ4v) is 3.87. The molecule has 1 atom stereocenters. The number of hydrogen-bond donors (Lipinski definition) is 0. The van der Waals surface area contributed by atoms with Crippen LogP contribution in [0.1, 0.15) is 99.4 Å². The first-order valence-corrected chi connectivity index (χ1v) is 9.78. The Morgan fingerprint density at radius 3 is 2.32 bits per heavy atom. The number of nitrogens with zero attached hydrogens (tertiary/aromatic N) is 2. The summed E-state index contributed by atoms with van der Waals surface area (Å²) in [6.07, 6.45) is 7.57. The third-order valence-corrected chi connectivity index (χ3v) is 5.32. The molecule has 0 spiro atoms. The Bertz CT molecular complexity index is 675. The van der Waals surface area contributed by atoms with Crippen molar-refractivity contribution in [3.05, 3.63) is 58.2 Å². The van der Waals surface area contributed by atoms with Gasteiger partial charge in [-0.25, -0.2) is 0 Å². The summed E-state index contributed by atoms with van der Waals surface area (Å²) in [7, 11) is 0. The lowest BCUT2D eigenvalue weighted by Crippen LogP contribution is -2.01. The van der Waals surface area contributed by atoms with Crippen molar-refractivity contribution in [3.8, 4) is 0 Å². The van der Waals surface area contributed by atoms with Gasteiger partial charge in [-0.1, -0.05) is 41.5 Å². The maximum absolute atomic E-state index is 4.45.